The fraction of sp³-hybridized carbons (Fsp3) is 0.375. The molecule has 8 heteroatoms. The molecule has 0 radical (unpaired) electrons. The lowest BCUT2D eigenvalue weighted by Gasteiger charge is -2.32. The molecule has 3 aromatic rings. The van der Waals surface area contributed by atoms with Crippen LogP contribution in [-0.4, -0.2) is 47.3 Å². The molecule has 0 aliphatic carbocycles. The molecule has 1 fully saturated rings. The first-order chi connectivity index (χ1) is 15.6. The predicted molar refractivity (Wildman–Crippen MR) is 134 cm³/mol. The third-order valence-electron chi connectivity index (χ3n) is 5.78. The van der Waals surface area contributed by atoms with E-state index in [1.54, 1.807) is 18.0 Å². The van der Waals surface area contributed by atoms with E-state index in [1.807, 2.05) is 12.3 Å². The second-order valence-corrected chi connectivity index (χ2v) is 9.33. The molecule has 32 heavy (non-hydrogen) atoms. The van der Waals surface area contributed by atoms with Crippen LogP contribution in [0.25, 0.3) is 16.6 Å². The standard InChI is InChI=1S/C24H26Cl2N4OS/c1-32-28-20-5-8-29(9-6-20)16-17-2-3-23-18(12-17)4-10-30(23)21-13-19(15-27)24(22(26)14-21)31-11-7-25/h2-4,10,12-14,20,28H,5-9,11,16H2,1H3. The van der Waals surface area contributed by atoms with E-state index < -0.39 is 0 Å². The number of rotatable bonds is 8. The molecule has 1 aliphatic rings. The van der Waals surface area contributed by atoms with Crippen LogP contribution in [-0.2, 0) is 6.54 Å². The first-order valence-corrected chi connectivity index (χ1v) is 12.8. The van der Waals surface area contributed by atoms with Crippen molar-refractivity contribution in [2.75, 3.05) is 31.8 Å². The van der Waals surface area contributed by atoms with Gasteiger partial charge in [0.2, 0.25) is 0 Å². The number of alkyl halides is 1. The maximum Gasteiger partial charge on any atom is 0.155 e. The zero-order valence-corrected chi connectivity index (χ0v) is 20.3. The third kappa shape index (κ3) is 5.19. The second-order valence-electron chi connectivity index (χ2n) is 7.90. The van der Waals surface area contributed by atoms with E-state index in [2.05, 4.69) is 50.8 Å². The number of nitrogens with one attached hydrogen (secondary N) is 1. The maximum atomic E-state index is 9.58. The highest BCUT2D eigenvalue weighted by molar-refractivity contribution is 7.96. The summed E-state index contributed by atoms with van der Waals surface area (Å²) in [6.45, 7) is 3.50. The Hall–Kier alpha value is -1.88. The van der Waals surface area contributed by atoms with Gasteiger partial charge in [0.1, 0.15) is 12.7 Å². The van der Waals surface area contributed by atoms with Crippen molar-refractivity contribution in [3.63, 3.8) is 0 Å². The smallest absolute Gasteiger partial charge is 0.155 e. The molecule has 2 heterocycles. The van der Waals surface area contributed by atoms with E-state index >= 15 is 0 Å². The largest absolute Gasteiger partial charge is 0.489 e. The topological polar surface area (TPSA) is 53.2 Å². The first kappa shape index (κ1) is 23.3. The van der Waals surface area contributed by atoms with Gasteiger partial charge in [0, 0.05) is 29.9 Å². The lowest BCUT2D eigenvalue weighted by molar-refractivity contribution is 0.201. The number of halogens is 2. The van der Waals surface area contributed by atoms with Crippen LogP contribution in [0.2, 0.25) is 5.02 Å². The zero-order valence-electron chi connectivity index (χ0n) is 18.0. The molecule has 1 aromatic heterocycles. The minimum absolute atomic E-state index is 0.302. The summed E-state index contributed by atoms with van der Waals surface area (Å²) in [5.41, 5.74) is 3.62. The summed E-state index contributed by atoms with van der Waals surface area (Å²) in [5.74, 6) is 0.717. The van der Waals surface area contributed by atoms with Gasteiger partial charge < -0.3 is 9.30 Å². The van der Waals surface area contributed by atoms with Gasteiger partial charge in [-0.15, -0.1) is 11.6 Å². The molecule has 2 aromatic carbocycles. The quantitative estimate of drug-likeness (QED) is 0.330. The average molecular weight is 489 g/mol. The normalized spacial score (nSPS) is 15.2. The van der Waals surface area contributed by atoms with Crippen molar-refractivity contribution in [1.82, 2.24) is 14.2 Å². The summed E-state index contributed by atoms with van der Waals surface area (Å²) in [4.78, 5) is 2.52. The Labute approximate surface area is 203 Å². The molecule has 168 valence electrons. The minimum atomic E-state index is 0.302. The van der Waals surface area contributed by atoms with Crippen LogP contribution >= 0.6 is 35.1 Å². The van der Waals surface area contributed by atoms with Gasteiger partial charge in [0.25, 0.3) is 0 Å². The number of nitrogens with zero attached hydrogens (tertiary/aromatic N) is 3. The maximum absolute atomic E-state index is 9.58. The van der Waals surface area contributed by atoms with E-state index in [0.29, 0.717) is 34.9 Å². The van der Waals surface area contributed by atoms with Crippen LogP contribution < -0.4 is 9.46 Å². The average Bonchev–Trinajstić information content (AvgIpc) is 3.22. The second kappa shape index (κ2) is 10.8. The number of ether oxygens (including phenoxy) is 1. The Morgan fingerprint density at radius 3 is 2.75 bits per heavy atom. The van der Waals surface area contributed by atoms with Crippen molar-refractivity contribution in [1.29, 1.82) is 5.26 Å². The highest BCUT2D eigenvalue weighted by atomic mass is 35.5. The monoisotopic (exact) mass is 488 g/mol. The Bertz CT molecular complexity index is 1120. The molecule has 0 bridgehead atoms. The Kier molecular flexibility index (Phi) is 7.88. The van der Waals surface area contributed by atoms with E-state index in [0.717, 1.165) is 30.8 Å². The fourth-order valence-corrected chi connectivity index (χ4v) is 5.15. The predicted octanol–water partition coefficient (Wildman–Crippen LogP) is 5.61. The molecule has 0 saturated carbocycles. The van der Waals surface area contributed by atoms with Gasteiger partial charge in [-0.2, -0.15) is 5.26 Å². The van der Waals surface area contributed by atoms with Gasteiger partial charge in [-0.1, -0.05) is 29.6 Å². The highest BCUT2D eigenvalue weighted by Gasteiger charge is 2.19. The molecular weight excluding hydrogens is 463 g/mol. The van der Waals surface area contributed by atoms with Gasteiger partial charge in [-0.3, -0.25) is 9.62 Å². The molecule has 0 amide bonds. The van der Waals surface area contributed by atoms with Crippen LogP contribution in [0.4, 0.5) is 0 Å². The fourth-order valence-electron chi connectivity index (χ4n) is 4.24. The number of fused-ring (bicyclic) bond motifs is 1. The number of nitriles is 1. The molecule has 1 aliphatic heterocycles. The first-order valence-electron chi connectivity index (χ1n) is 10.7. The molecule has 0 atom stereocenters. The Balaban J connectivity index is 1.54. The summed E-state index contributed by atoms with van der Waals surface area (Å²) < 4.78 is 11.1. The summed E-state index contributed by atoms with van der Waals surface area (Å²) in [7, 11) is 0. The summed E-state index contributed by atoms with van der Waals surface area (Å²) in [5, 5.41) is 11.1. The van der Waals surface area contributed by atoms with Crippen LogP contribution in [0.3, 0.4) is 0 Å². The zero-order chi connectivity index (χ0) is 22.5. The SMILES string of the molecule is CSNC1CCN(Cc2ccc3c(ccn3-c3cc(Cl)c(OCCCl)c(C#N)c3)c2)CC1. The van der Waals surface area contributed by atoms with Gasteiger partial charge in [0.05, 0.1) is 22.0 Å². The molecule has 5 nitrogen and oxygen atoms in total. The number of hydrogen-bond acceptors (Lipinski definition) is 5. The molecule has 1 saturated heterocycles. The van der Waals surface area contributed by atoms with E-state index in [-0.39, 0.29) is 0 Å². The lowest BCUT2D eigenvalue weighted by Crippen LogP contribution is -2.39. The molecule has 4 rings (SSSR count). The van der Waals surface area contributed by atoms with Crippen molar-refractivity contribution in [2.45, 2.75) is 25.4 Å². The van der Waals surface area contributed by atoms with Crippen molar-refractivity contribution in [2.24, 2.45) is 0 Å². The van der Waals surface area contributed by atoms with Crippen LogP contribution in [0.1, 0.15) is 24.0 Å². The summed E-state index contributed by atoms with van der Waals surface area (Å²) in [6, 6.07) is 15.1. The van der Waals surface area contributed by atoms with Crippen LogP contribution in [0.5, 0.6) is 5.75 Å². The van der Waals surface area contributed by atoms with Crippen molar-refractivity contribution < 1.29 is 4.74 Å². The lowest BCUT2D eigenvalue weighted by atomic mass is 10.0. The number of benzene rings is 2. The van der Waals surface area contributed by atoms with Gasteiger partial charge >= 0.3 is 0 Å². The number of likely N-dealkylation sites (tertiary alicyclic amines) is 1. The van der Waals surface area contributed by atoms with E-state index in [4.69, 9.17) is 27.9 Å². The summed E-state index contributed by atoms with van der Waals surface area (Å²) in [6.07, 6.45) is 6.48. The van der Waals surface area contributed by atoms with Gasteiger partial charge in [-0.25, -0.2) is 0 Å². The van der Waals surface area contributed by atoms with E-state index in [1.165, 1.54) is 23.8 Å². The minimum Gasteiger partial charge on any atom is -0.489 e. The van der Waals surface area contributed by atoms with Crippen molar-refractivity contribution in [3.8, 4) is 17.5 Å². The van der Waals surface area contributed by atoms with Gasteiger partial charge in [0.15, 0.2) is 5.75 Å². The van der Waals surface area contributed by atoms with E-state index in [9.17, 15) is 5.26 Å². The molecule has 0 unspecified atom stereocenters. The number of hydrogen-bond donors (Lipinski definition) is 1. The Morgan fingerprint density at radius 1 is 1.22 bits per heavy atom. The highest BCUT2D eigenvalue weighted by Crippen LogP contribution is 2.33. The van der Waals surface area contributed by atoms with Crippen LogP contribution in [0.15, 0.2) is 42.6 Å². The van der Waals surface area contributed by atoms with Crippen molar-refractivity contribution >= 4 is 46.1 Å². The number of piperidine rings is 1. The van der Waals surface area contributed by atoms with Crippen molar-refractivity contribution in [3.05, 3.63) is 58.7 Å². The van der Waals surface area contributed by atoms with Gasteiger partial charge in [-0.05, 0) is 68.1 Å². The molecule has 1 N–H and O–H groups in total. The Morgan fingerprint density at radius 2 is 2.03 bits per heavy atom. The molecular formula is C24H26Cl2N4OS. The van der Waals surface area contributed by atoms with Crippen LogP contribution in [0, 0.1) is 11.3 Å². The number of aromatic nitrogens is 1. The summed E-state index contributed by atoms with van der Waals surface area (Å²) >= 11 is 13.9. The third-order valence-corrected chi connectivity index (χ3v) is 6.79. The molecule has 0 spiro atoms.